The first-order valence-corrected chi connectivity index (χ1v) is 4.82. The molecular formula is C11H10N2O4. The Hall–Kier alpha value is -2.37. The Labute approximate surface area is 96.8 Å². The Balaban J connectivity index is 2.50. The number of hydrogen-bond donors (Lipinski definition) is 1. The molecule has 0 spiro atoms. The molecule has 0 aliphatic rings. The van der Waals surface area contributed by atoms with Gasteiger partial charge in [0, 0.05) is 17.3 Å². The van der Waals surface area contributed by atoms with Crippen LogP contribution in [0.25, 0.3) is 11.3 Å². The average Bonchev–Trinajstić information content (AvgIpc) is 2.77. The van der Waals surface area contributed by atoms with E-state index < -0.39 is 5.97 Å². The van der Waals surface area contributed by atoms with Crippen LogP contribution >= 0.6 is 0 Å². The third-order valence-corrected chi connectivity index (χ3v) is 2.29. The van der Waals surface area contributed by atoms with E-state index in [9.17, 15) is 4.79 Å². The molecule has 0 aromatic carbocycles. The number of carbonyl (C=O) groups is 1. The molecule has 6 heteroatoms. The number of aromatic nitrogens is 2. The Morgan fingerprint density at radius 2 is 2.24 bits per heavy atom. The molecule has 88 valence electrons. The predicted molar refractivity (Wildman–Crippen MR) is 58.0 cm³/mol. The molecular weight excluding hydrogens is 224 g/mol. The highest BCUT2D eigenvalue weighted by Gasteiger charge is 2.17. The number of methoxy groups -OCH3 is 1. The van der Waals surface area contributed by atoms with Crippen LogP contribution in [0.2, 0.25) is 0 Å². The highest BCUT2D eigenvalue weighted by atomic mass is 16.5. The fraction of sp³-hybridized carbons (Fsp3) is 0.182. The van der Waals surface area contributed by atoms with Gasteiger partial charge in [-0.3, -0.25) is 0 Å². The normalized spacial score (nSPS) is 10.2. The first kappa shape index (κ1) is 11.1. The molecule has 0 unspecified atom stereocenters. The van der Waals surface area contributed by atoms with E-state index in [1.165, 1.54) is 13.3 Å². The molecule has 0 bridgehead atoms. The van der Waals surface area contributed by atoms with Gasteiger partial charge in [-0.2, -0.15) is 0 Å². The molecule has 0 fully saturated rings. The van der Waals surface area contributed by atoms with Gasteiger partial charge >= 0.3 is 5.97 Å². The van der Waals surface area contributed by atoms with Crippen LogP contribution in [-0.2, 0) is 0 Å². The third-order valence-electron chi connectivity index (χ3n) is 2.29. The zero-order valence-electron chi connectivity index (χ0n) is 9.30. The zero-order chi connectivity index (χ0) is 12.4. The summed E-state index contributed by atoms with van der Waals surface area (Å²) >= 11 is 0. The fourth-order valence-electron chi connectivity index (χ4n) is 1.50. The summed E-state index contributed by atoms with van der Waals surface area (Å²) in [5.74, 6) is -0.407. The Morgan fingerprint density at radius 1 is 1.47 bits per heavy atom. The van der Waals surface area contributed by atoms with Crippen LogP contribution in [0.1, 0.15) is 15.9 Å². The van der Waals surface area contributed by atoms with E-state index >= 15 is 0 Å². The molecule has 1 N–H and O–H groups in total. The zero-order valence-corrected chi connectivity index (χ0v) is 9.30. The Morgan fingerprint density at radius 3 is 2.82 bits per heavy atom. The first-order valence-electron chi connectivity index (χ1n) is 4.82. The minimum Gasteiger partial charge on any atom is -0.481 e. The largest absolute Gasteiger partial charge is 0.481 e. The van der Waals surface area contributed by atoms with Crippen molar-refractivity contribution in [1.82, 2.24) is 10.1 Å². The molecule has 0 saturated carbocycles. The number of aromatic carboxylic acids is 1. The lowest BCUT2D eigenvalue weighted by Gasteiger charge is -2.04. The van der Waals surface area contributed by atoms with Gasteiger partial charge in [0.25, 0.3) is 0 Å². The van der Waals surface area contributed by atoms with Gasteiger partial charge in [-0.25, -0.2) is 9.78 Å². The van der Waals surface area contributed by atoms with Crippen molar-refractivity contribution in [3.63, 3.8) is 0 Å². The number of aryl methyl sites for hydroxylation is 1. The monoisotopic (exact) mass is 234 g/mol. The lowest BCUT2D eigenvalue weighted by Crippen LogP contribution is -1.97. The van der Waals surface area contributed by atoms with Crippen molar-refractivity contribution >= 4 is 5.97 Å². The van der Waals surface area contributed by atoms with Crippen molar-refractivity contribution in [1.29, 1.82) is 0 Å². The number of carboxylic acids is 1. The lowest BCUT2D eigenvalue weighted by atomic mass is 10.1. The first-order chi connectivity index (χ1) is 8.13. The maximum absolute atomic E-state index is 10.9. The maximum atomic E-state index is 10.9. The molecule has 2 aromatic heterocycles. The topological polar surface area (TPSA) is 85.5 Å². The van der Waals surface area contributed by atoms with Crippen molar-refractivity contribution < 1.29 is 19.2 Å². The highest BCUT2D eigenvalue weighted by Crippen LogP contribution is 2.26. The number of pyridine rings is 1. The number of nitrogens with zero attached hydrogens (tertiary/aromatic N) is 2. The Bertz CT molecular complexity index is 562. The Kier molecular flexibility index (Phi) is 2.78. The van der Waals surface area contributed by atoms with E-state index in [4.69, 9.17) is 14.4 Å². The lowest BCUT2D eigenvalue weighted by molar-refractivity contribution is 0.0697. The van der Waals surface area contributed by atoms with E-state index in [0.717, 1.165) is 11.8 Å². The van der Waals surface area contributed by atoms with Gasteiger partial charge in [-0.15, -0.1) is 0 Å². The van der Waals surface area contributed by atoms with Crippen LogP contribution < -0.4 is 4.74 Å². The summed E-state index contributed by atoms with van der Waals surface area (Å²) in [7, 11) is 1.52. The van der Waals surface area contributed by atoms with Gasteiger partial charge in [-0.05, 0) is 13.0 Å². The second-order valence-corrected chi connectivity index (χ2v) is 3.42. The van der Waals surface area contributed by atoms with Crippen LogP contribution in [0.4, 0.5) is 0 Å². The van der Waals surface area contributed by atoms with Crippen LogP contribution in [0, 0.1) is 6.92 Å². The SMILES string of the molecule is COc1ncc(-c2oncc2C(=O)O)cc1C. The summed E-state index contributed by atoms with van der Waals surface area (Å²) in [6.45, 7) is 1.81. The summed E-state index contributed by atoms with van der Waals surface area (Å²) in [5.41, 5.74) is 1.35. The van der Waals surface area contributed by atoms with Crippen molar-refractivity contribution in [2.45, 2.75) is 6.92 Å². The minimum absolute atomic E-state index is 0.0105. The second kappa shape index (κ2) is 4.25. The summed E-state index contributed by atoms with van der Waals surface area (Å²) < 4.78 is 9.95. The molecule has 17 heavy (non-hydrogen) atoms. The van der Waals surface area contributed by atoms with Crippen molar-refractivity contribution in [3.8, 4) is 17.2 Å². The maximum Gasteiger partial charge on any atom is 0.341 e. The van der Waals surface area contributed by atoms with Gasteiger partial charge in [-0.1, -0.05) is 5.16 Å². The quantitative estimate of drug-likeness (QED) is 0.870. The molecule has 2 aromatic rings. The number of hydrogen-bond acceptors (Lipinski definition) is 5. The van der Waals surface area contributed by atoms with Crippen LogP contribution in [0.5, 0.6) is 5.88 Å². The summed E-state index contributed by atoms with van der Waals surface area (Å²) in [6.07, 6.45) is 2.65. The van der Waals surface area contributed by atoms with Crippen molar-refractivity contribution in [2.75, 3.05) is 7.11 Å². The van der Waals surface area contributed by atoms with E-state index in [2.05, 4.69) is 10.1 Å². The molecule has 2 rings (SSSR count). The molecule has 0 radical (unpaired) electrons. The molecule has 0 saturated heterocycles. The molecule has 6 nitrogen and oxygen atoms in total. The van der Waals surface area contributed by atoms with E-state index in [0.29, 0.717) is 11.4 Å². The standard InChI is InChI=1S/C11H10N2O4/c1-6-3-7(4-12-10(6)16-2)9-8(11(14)15)5-13-17-9/h3-5H,1-2H3,(H,14,15). The summed E-state index contributed by atoms with van der Waals surface area (Å²) in [4.78, 5) is 15.0. The minimum atomic E-state index is -1.09. The van der Waals surface area contributed by atoms with E-state index in [1.54, 1.807) is 6.07 Å². The number of ether oxygens (including phenoxy) is 1. The number of rotatable bonds is 3. The average molecular weight is 234 g/mol. The van der Waals surface area contributed by atoms with Crippen LogP contribution in [0.15, 0.2) is 23.0 Å². The molecule has 2 heterocycles. The molecule has 0 amide bonds. The van der Waals surface area contributed by atoms with Gasteiger partial charge in [0.2, 0.25) is 5.88 Å². The van der Waals surface area contributed by atoms with Gasteiger partial charge in [0.1, 0.15) is 5.56 Å². The predicted octanol–water partition coefficient (Wildman–Crippen LogP) is 1.75. The second-order valence-electron chi connectivity index (χ2n) is 3.42. The number of carboxylic acid groups (broad SMARTS) is 1. The van der Waals surface area contributed by atoms with Gasteiger partial charge in [0.05, 0.1) is 13.3 Å². The molecule has 0 atom stereocenters. The van der Waals surface area contributed by atoms with Crippen LogP contribution in [-0.4, -0.2) is 28.3 Å². The summed E-state index contributed by atoms with van der Waals surface area (Å²) in [5, 5.41) is 12.4. The molecule has 0 aliphatic heterocycles. The highest BCUT2D eigenvalue weighted by molar-refractivity contribution is 5.93. The third kappa shape index (κ3) is 1.96. The van der Waals surface area contributed by atoms with E-state index in [1.807, 2.05) is 6.92 Å². The van der Waals surface area contributed by atoms with Gasteiger partial charge in [0.15, 0.2) is 5.76 Å². The fourth-order valence-corrected chi connectivity index (χ4v) is 1.50. The molecule has 0 aliphatic carbocycles. The van der Waals surface area contributed by atoms with Crippen molar-refractivity contribution in [3.05, 3.63) is 29.6 Å². The van der Waals surface area contributed by atoms with Crippen molar-refractivity contribution in [2.24, 2.45) is 0 Å². The van der Waals surface area contributed by atoms with E-state index in [-0.39, 0.29) is 11.3 Å². The van der Waals surface area contributed by atoms with Crippen LogP contribution in [0.3, 0.4) is 0 Å². The smallest absolute Gasteiger partial charge is 0.341 e. The summed E-state index contributed by atoms with van der Waals surface area (Å²) in [6, 6.07) is 1.73. The van der Waals surface area contributed by atoms with Gasteiger partial charge < -0.3 is 14.4 Å².